The van der Waals surface area contributed by atoms with E-state index in [0.717, 1.165) is 70.6 Å². The van der Waals surface area contributed by atoms with Crippen molar-refractivity contribution in [2.45, 2.75) is 165 Å². The molecule has 0 aromatic rings. The molecule has 60 heavy (non-hydrogen) atoms. The van der Waals surface area contributed by atoms with E-state index in [1.165, 1.54) is 51.5 Å². The predicted molar refractivity (Wildman–Crippen MR) is 222 cm³/mol. The minimum atomic E-state index is -4.48. The number of carbonyl (C=O) groups excluding carboxylic acids is 2. The van der Waals surface area contributed by atoms with Gasteiger partial charge in [0.05, 0.1) is 46.5 Å². The van der Waals surface area contributed by atoms with Gasteiger partial charge in [0.1, 0.15) is 44.7 Å². The summed E-state index contributed by atoms with van der Waals surface area (Å²) in [5.41, 5.74) is 5.69. The molecule has 0 amide bonds. The molecule has 0 radical (unpaired) electrons. The Kier molecular flexibility index (Phi) is 26.5. The number of unbranched alkanes of at least 4 members (excludes halogenated alkanes) is 13. The minimum Gasteiger partial charge on any atom is -0.606 e. The maximum Gasteiger partial charge on any atom is 0.397 e. The zero-order chi connectivity index (χ0) is 44.5. The highest BCUT2D eigenvalue weighted by Gasteiger charge is 2.54. The van der Waals surface area contributed by atoms with Crippen molar-refractivity contribution in [3.63, 3.8) is 0 Å². The van der Waals surface area contributed by atoms with Crippen molar-refractivity contribution in [2.24, 2.45) is 5.73 Å². The molecule has 0 spiro atoms. The van der Waals surface area contributed by atoms with Crippen LogP contribution in [0.2, 0.25) is 0 Å². The first-order valence-electron chi connectivity index (χ1n) is 21.7. The summed E-state index contributed by atoms with van der Waals surface area (Å²) in [4.78, 5) is 45.6. The lowest BCUT2D eigenvalue weighted by Crippen LogP contribution is -2.43. The number of likely N-dealkylation sites (N-methyl/N-ethyl adjacent to an activating group) is 1. The molecule has 20 heteroatoms. The van der Waals surface area contributed by atoms with Crippen LogP contribution in [0.5, 0.6) is 0 Å². The molecule has 2 heterocycles. The molecule has 2 aliphatic heterocycles. The highest BCUT2D eigenvalue weighted by molar-refractivity contribution is 7.80. The van der Waals surface area contributed by atoms with E-state index in [1.807, 2.05) is 21.1 Å². The van der Waals surface area contributed by atoms with Gasteiger partial charge in [-0.15, -0.1) is 0 Å². The normalized spacial score (nSPS) is 22.8. The number of aliphatic hydroxyl groups is 1. The Labute approximate surface area is 358 Å². The zero-order valence-corrected chi connectivity index (χ0v) is 38.2. The Morgan fingerprint density at radius 2 is 1.53 bits per heavy atom. The van der Waals surface area contributed by atoms with Crippen LogP contribution in [0, 0.1) is 0 Å². The van der Waals surface area contributed by atoms with Crippen LogP contribution < -0.4 is 10.6 Å². The molecule has 0 aromatic heterocycles. The Balaban J connectivity index is 1.54. The van der Waals surface area contributed by atoms with E-state index >= 15 is 0 Å². The molecule has 0 saturated carbocycles. The molecule has 352 valence electrons. The Hall–Kier alpha value is -1.42. The number of hydrogen-bond donors (Lipinski definition) is 4. The lowest BCUT2D eigenvalue weighted by atomic mass is 9.94. The van der Waals surface area contributed by atoms with Gasteiger partial charge < -0.3 is 43.9 Å². The third kappa shape index (κ3) is 26.9. The number of carbonyl (C=O) groups is 2. The molecule has 18 nitrogen and oxygen atoms in total. The molecule has 2 bridgehead atoms. The van der Waals surface area contributed by atoms with Crippen LogP contribution in [0.4, 0.5) is 0 Å². The molecule has 2 aliphatic rings. The molecule has 0 aliphatic carbocycles. The number of nitrogens with two attached hydrogens (primary N) is 1. The summed E-state index contributed by atoms with van der Waals surface area (Å²) < 4.78 is 73.4. The van der Waals surface area contributed by atoms with Gasteiger partial charge in [-0.3, -0.25) is 9.35 Å². The first-order chi connectivity index (χ1) is 28.3. The summed E-state index contributed by atoms with van der Waals surface area (Å²) in [5, 5.41) is 9.99. The lowest BCUT2D eigenvalue weighted by molar-refractivity contribution is -0.870. The van der Waals surface area contributed by atoms with Gasteiger partial charge in [-0.2, -0.15) is 22.4 Å². The number of nitrogens with zero attached hydrogens (tertiary/aromatic N) is 1. The highest BCUT2D eigenvalue weighted by Crippen LogP contribution is 2.47. The molecule has 0 aromatic carbocycles. The number of fused-ring (bicyclic) bond motifs is 2. The van der Waals surface area contributed by atoms with Crippen molar-refractivity contribution in [1.82, 2.24) is 0 Å². The van der Waals surface area contributed by atoms with E-state index in [0.29, 0.717) is 30.5 Å². The summed E-state index contributed by atoms with van der Waals surface area (Å²) in [6.07, 6.45) is 19.7. The van der Waals surface area contributed by atoms with Crippen LogP contribution in [0.15, 0.2) is 12.2 Å². The molecular weight excluding hydrogens is 827 g/mol. The average molecular weight is 904 g/mol. The first-order valence-corrected chi connectivity index (χ1v) is 24.6. The van der Waals surface area contributed by atoms with Crippen molar-refractivity contribution in [2.75, 3.05) is 67.3 Å². The number of allylic oxidation sites excluding steroid dienone is 1. The Morgan fingerprint density at radius 3 is 2.17 bits per heavy atom. The lowest BCUT2D eigenvalue weighted by Gasteiger charge is -2.35. The predicted octanol–water partition coefficient (Wildman–Crippen LogP) is 4.22. The van der Waals surface area contributed by atoms with E-state index < -0.39 is 55.7 Å². The van der Waals surface area contributed by atoms with Crippen LogP contribution in [-0.4, -0.2) is 143 Å². The largest absolute Gasteiger partial charge is 0.606 e. The number of quaternary nitrogens is 1. The quantitative estimate of drug-likeness (QED) is 0.0172. The number of phosphoric ester groups is 1. The van der Waals surface area contributed by atoms with Crippen LogP contribution in [0.3, 0.4) is 0 Å². The second-order valence-corrected chi connectivity index (χ2v) is 19.5. The third-order valence-electron chi connectivity index (χ3n) is 10.2. The van der Waals surface area contributed by atoms with Gasteiger partial charge in [0.25, 0.3) is 0 Å². The molecule has 2 saturated heterocycles. The second-order valence-electron chi connectivity index (χ2n) is 17.0. The van der Waals surface area contributed by atoms with Crippen molar-refractivity contribution in [1.29, 1.82) is 0 Å². The highest BCUT2D eigenvalue weighted by atomic mass is 32.3. The van der Waals surface area contributed by atoms with E-state index in [2.05, 4.69) is 4.18 Å². The summed E-state index contributed by atoms with van der Waals surface area (Å²) in [6, 6.07) is -0.615. The molecule has 2 rings (SSSR count). The van der Waals surface area contributed by atoms with Gasteiger partial charge in [0.2, 0.25) is 0 Å². The number of aliphatic hydroxyl groups excluding tert-OH is 1. The van der Waals surface area contributed by atoms with Crippen molar-refractivity contribution >= 4 is 30.5 Å². The number of rotatable bonds is 36. The maximum absolute atomic E-state index is 12.1. The molecular formula is C40H76N2O16PS+. The van der Waals surface area contributed by atoms with Gasteiger partial charge in [0.15, 0.2) is 5.79 Å². The summed E-state index contributed by atoms with van der Waals surface area (Å²) in [5.74, 6) is -1.58. The molecule has 2 fully saturated rings. The fourth-order valence-electron chi connectivity index (χ4n) is 6.99. The molecule has 5 N–H and O–H groups in total. The Bertz CT molecular complexity index is 1340. The average Bonchev–Trinajstić information content (AvgIpc) is 3.45. The second kappa shape index (κ2) is 29.1. The fraction of sp³-hybridized carbons (Fsp3) is 0.900. The maximum atomic E-state index is 12.1. The Morgan fingerprint density at radius 1 is 0.900 bits per heavy atom. The molecule has 7 atom stereocenters. The van der Waals surface area contributed by atoms with Gasteiger partial charge in [-0.05, 0) is 38.5 Å². The van der Waals surface area contributed by atoms with E-state index in [4.69, 9.17) is 43.0 Å². The zero-order valence-electron chi connectivity index (χ0n) is 36.5. The monoisotopic (exact) mass is 903 g/mol. The fourth-order valence-corrected chi connectivity index (χ4v) is 8.09. The molecule has 2 unspecified atom stereocenters. The third-order valence-corrected chi connectivity index (χ3v) is 11.6. The number of esters is 2. The smallest absolute Gasteiger partial charge is 0.397 e. The van der Waals surface area contributed by atoms with Gasteiger partial charge in [-0.1, -0.05) is 76.7 Å². The minimum absolute atomic E-state index is 0.00664. The van der Waals surface area contributed by atoms with Crippen molar-refractivity contribution in [3.8, 4) is 0 Å². The van der Waals surface area contributed by atoms with Crippen LogP contribution in [-0.2, 0) is 56.9 Å². The standard InChI is InChI=1S/C40H75N2O16PS/c1-33(43)56-36-23-25-40(24-19-15-10-8-6-5-7-9-11-16-20-27-51-29-34(41)30-55-60(48,49)50)57-37(39(36)58-40)21-17-13-12-14-18-22-38(45)52-31-35(44)32-54-59(46,47)53-28-26-42(2,3)4/h18,22,34-37,39,44H,5-17,19-21,23-32,41H2,1-4H3,(H-,46,47,48,49,50)/p+1/b22-18+/t34?,35-,36-,37-,39+,40+/m1/s1. The van der Waals surface area contributed by atoms with Crippen LogP contribution >= 0.6 is 8.17 Å². The number of phosphoric acid groups is 1. The SMILES string of the molecule is CC(=O)O[C@@H]1CC[C@]2(CCCCCCCCCCCCCOCC(N)COS(=O)(=O)O)O[C@@H]1[C@@H](CCCCC/C=C/C(=O)OC[C@@H](O)CO[P+]([O-])(O)OCC[N+](C)(C)C)O2. The summed E-state index contributed by atoms with van der Waals surface area (Å²) >= 11 is 0. The van der Waals surface area contributed by atoms with Crippen molar-refractivity contribution < 1.29 is 78.9 Å². The van der Waals surface area contributed by atoms with Gasteiger partial charge in [0, 0.05) is 32.4 Å². The van der Waals surface area contributed by atoms with Crippen LogP contribution in [0.1, 0.15) is 129 Å². The number of ether oxygens (including phenoxy) is 5. The van der Waals surface area contributed by atoms with Crippen LogP contribution in [0.25, 0.3) is 0 Å². The topological polar surface area (TPSA) is 252 Å². The first kappa shape index (κ1) is 54.7. The van der Waals surface area contributed by atoms with E-state index in [9.17, 15) is 32.9 Å². The summed E-state index contributed by atoms with van der Waals surface area (Å²) in [7, 11) is -3.08. The van der Waals surface area contributed by atoms with Crippen molar-refractivity contribution in [3.05, 3.63) is 12.2 Å². The van der Waals surface area contributed by atoms with Gasteiger partial charge in [-0.25, -0.2) is 8.98 Å². The van der Waals surface area contributed by atoms with E-state index in [1.54, 1.807) is 6.08 Å². The summed E-state index contributed by atoms with van der Waals surface area (Å²) in [6.45, 7) is 1.41. The number of hydrogen-bond acceptors (Lipinski definition) is 16. The van der Waals surface area contributed by atoms with Gasteiger partial charge >= 0.3 is 30.5 Å². The van der Waals surface area contributed by atoms with E-state index in [-0.39, 0.29) is 44.1 Å².